The molecule has 1 saturated heterocycles. The van der Waals surface area contributed by atoms with Crippen molar-refractivity contribution in [2.45, 2.75) is 18.9 Å². The Labute approximate surface area is 159 Å². The molecule has 28 heavy (non-hydrogen) atoms. The molecule has 0 aliphatic carbocycles. The Kier molecular flexibility index (Phi) is 4.77. The summed E-state index contributed by atoms with van der Waals surface area (Å²) in [7, 11) is 1.37. The lowest BCUT2D eigenvalue weighted by molar-refractivity contribution is 0.0709. The lowest BCUT2D eigenvalue weighted by Crippen LogP contribution is -2.30. The van der Waals surface area contributed by atoms with Crippen molar-refractivity contribution in [1.82, 2.24) is 15.0 Å². The van der Waals surface area contributed by atoms with Gasteiger partial charge in [0.05, 0.1) is 7.11 Å². The summed E-state index contributed by atoms with van der Waals surface area (Å²) in [5, 5.41) is 3.94. The molecule has 3 aromatic rings. The second-order valence-electron chi connectivity index (χ2n) is 6.47. The first-order valence-corrected chi connectivity index (χ1v) is 8.81. The second kappa shape index (κ2) is 7.38. The number of likely N-dealkylation sites (tertiary alicyclic amines) is 1. The van der Waals surface area contributed by atoms with E-state index in [0.717, 1.165) is 12.5 Å². The number of aromatic nitrogens is 2. The zero-order chi connectivity index (χ0) is 19.7. The fourth-order valence-electron chi connectivity index (χ4n) is 3.32. The maximum atomic E-state index is 14.0. The minimum absolute atomic E-state index is 0.0790. The van der Waals surface area contributed by atoms with E-state index in [9.17, 15) is 13.6 Å². The van der Waals surface area contributed by atoms with E-state index >= 15 is 0 Å². The van der Waals surface area contributed by atoms with Gasteiger partial charge in [0, 0.05) is 17.7 Å². The molecule has 8 heteroatoms. The quantitative estimate of drug-likeness (QED) is 0.679. The van der Waals surface area contributed by atoms with Gasteiger partial charge in [-0.1, -0.05) is 5.16 Å². The molecule has 0 saturated carbocycles. The molecule has 0 radical (unpaired) electrons. The van der Waals surface area contributed by atoms with Crippen LogP contribution in [0.4, 0.5) is 8.78 Å². The van der Waals surface area contributed by atoms with E-state index in [4.69, 9.17) is 9.26 Å². The van der Waals surface area contributed by atoms with Crippen molar-refractivity contribution in [1.29, 1.82) is 0 Å². The van der Waals surface area contributed by atoms with Crippen LogP contribution in [0.2, 0.25) is 0 Å². The molecule has 4 rings (SSSR count). The molecular weight excluding hydrogens is 368 g/mol. The van der Waals surface area contributed by atoms with Crippen LogP contribution < -0.4 is 4.74 Å². The number of ether oxygens (including phenoxy) is 1. The minimum Gasteiger partial charge on any atom is -0.494 e. The molecule has 1 fully saturated rings. The van der Waals surface area contributed by atoms with E-state index < -0.39 is 5.82 Å². The number of hydrogen-bond donors (Lipinski definition) is 0. The van der Waals surface area contributed by atoms with Crippen LogP contribution in [0, 0.1) is 11.6 Å². The van der Waals surface area contributed by atoms with Crippen molar-refractivity contribution in [3.05, 3.63) is 65.6 Å². The summed E-state index contributed by atoms with van der Waals surface area (Å²) in [5.41, 5.74) is 0.841. The van der Waals surface area contributed by atoms with Crippen LogP contribution in [0.5, 0.6) is 5.75 Å². The molecule has 6 nitrogen and oxygen atoms in total. The maximum Gasteiger partial charge on any atom is 0.254 e. The maximum absolute atomic E-state index is 14.0. The van der Waals surface area contributed by atoms with Crippen LogP contribution >= 0.6 is 0 Å². The van der Waals surface area contributed by atoms with Gasteiger partial charge in [-0.2, -0.15) is 4.98 Å². The largest absolute Gasteiger partial charge is 0.494 e. The summed E-state index contributed by atoms with van der Waals surface area (Å²) >= 11 is 0. The number of rotatable bonds is 4. The topological polar surface area (TPSA) is 68.5 Å². The molecule has 1 aliphatic heterocycles. The Hall–Kier alpha value is -3.29. The van der Waals surface area contributed by atoms with Crippen molar-refractivity contribution in [3.63, 3.8) is 0 Å². The number of methoxy groups -OCH3 is 1. The van der Waals surface area contributed by atoms with Gasteiger partial charge >= 0.3 is 0 Å². The number of nitrogens with zero attached hydrogens (tertiary/aromatic N) is 3. The summed E-state index contributed by atoms with van der Waals surface area (Å²) in [6.45, 7) is 0.505. The minimum atomic E-state index is -0.597. The Bertz CT molecular complexity index is 1000. The predicted octanol–water partition coefficient (Wildman–Crippen LogP) is 4.00. The molecule has 2 heterocycles. The van der Waals surface area contributed by atoms with E-state index in [0.29, 0.717) is 30.2 Å². The second-order valence-corrected chi connectivity index (χ2v) is 6.47. The van der Waals surface area contributed by atoms with E-state index in [1.165, 1.54) is 31.4 Å². The van der Waals surface area contributed by atoms with Gasteiger partial charge in [0.25, 0.3) is 5.91 Å². The molecular formula is C20H17F2N3O3. The van der Waals surface area contributed by atoms with E-state index in [1.807, 2.05) is 0 Å². The Morgan fingerprint density at radius 3 is 2.71 bits per heavy atom. The number of amides is 1. The lowest BCUT2D eigenvalue weighted by Gasteiger charge is -2.22. The zero-order valence-corrected chi connectivity index (χ0v) is 15.1. The number of carbonyl (C=O) groups is 1. The summed E-state index contributed by atoms with van der Waals surface area (Å²) < 4.78 is 37.3. The Morgan fingerprint density at radius 1 is 1.21 bits per heavy atom. The molecule has 144 valence electrons. The van der Waals surface area contributed by atoms with Gasteiger partial charge in [0.2, 0.25) is 11.7 Å². The third-order valence-electron chi connectivity index (χ3n) is 4.74. The summed E-state index contributed by atoms with van der Waals surface area (Å²) in [4.78, 5) is 18.9. The predicted molar refractivity (Wildman–Crippen MR) is 95.7 cm³/mol. The standard InChI is InChI=1S/C20H17F2N3O3/c1-27-17-9-6-13(11-15(17)22)20(26)25-10-2-3-16(25)19-23-18(24-28-19)12-4-7-14(21)8-5-12/h4-9,11,16H,2-3,10H2,1H3/t16-/m0/s1. The zero-order valence-electron chi connectivity index (χ0n) is 15.1. The van der Waals surface area contributed by atoms with Crippen LogP contribution in [0.1, 0.15) is 35.1 Å². The van der Waals surface area contributed by atoms with Gasteiger partial charge in [-0.05, 0) is 55.3 Å². The molecule has 1 aliphatic rings. The monoisotopic (exact) mass is 385 g/mol. The molecule has 1 aromatic heterocycles. The molecule has 1 atom stereocenters. The van der Waals surface area contributed by atoms with Crippen LogP contribution in [0.15, 0.2) is 47.0 Å². The molecule has 1 amide bonds. The number of carbonyl (C=O) groups excluding carboxylic acids is 1. The third kappa shape index (κ3) is 3.33. The smallest absolute Gasteiger partial charge is 0.254 e. The van der Waals surface area contributed by atoms with Crippen molar-refractivity contribution in [2.24, 2.45) is 0 Å². The molecule has 2 aromatic carbocycles. The fraction of sp³-hybridized carbons (Fsp3) is 0.250. The fourth-order valence-corrected chi connectivity index (χ4v) is 3.32. The first kappa shape index (κ1) is 18.1. The van der Waals surface area contributed by atoms with Crippen molar-refractivity contribution < 1.29 is 22.8 Å². The average molecular weight is 385 g/mol. The van der Waals surface area contributed by atoms with Crippen LogP contribution in [0.25, 0.3) is 11.4 Å². The van der Waals surface area contributed by atoms with Gasteiger partial charge in [0.1, 0.15) is 11.9 Å². The molecule has 0 unspecified atom stereocenters. The highest BCUT2D eigenvalue weighted by Crippen LogP contribution is 2.33. The Balaban J connectivity index is 1.57. The van der Waals surface area contributed by atoms with Gasteiger partial charge in [-0.15, -0.1) is 0 Å². The summed E-state index contributed by atoms with van der Waals surface area (Å²) in [6.07, 6.45) is 1.43. The highest BCUT2D eigenvalue weighted by atomic mass is 19.1. The number of hydrogen-bond acceptors (Lipinski definition) is 5. The summed E-state index contributed by atoms with van der Waals surface area (Å²) in [5.74, 6) is -0.558. The SMILES string of the molecule is COc1ccc(C(=O)N2CCC[C@H]2c2nc(-c3ccc(F)cc3)no2)cc1F. The van der Waals surface area contributed by atoms with Gasteiger partial charge in [-0.3, -0.25) is 4.79 Å². The van der Waals surface area contributed by atoms with Crippen molar-refractivity contribution in [3.8, 4) is 17.1 Å². The molecule has 0 spiro atoms. The van der Waals surface area contributed by atoms with E-state index in [-0.39, 0.29) is 29.1 Å². The number of benzene rings is 2. The highest BCUT2D eigenvalue weighted by molar-refractivity contribution is 5.94. The van der Waals surface area contributed by atoms with Gasteiger partial charge < -0.3 is 14.2 Å². The molecule has 0 bridgehead atoms. The Morgan fingerprint density at radius 2 is 2.00 bits per heavy atom. The van der Waals surface area contributed by atoms with E-state index in [1.54, 1.807) is 17.0 Å². The molecule has 0 N–H and O–H groups in total. The first-order valence-electron chi connectivity index (χ1n) is 8.81. The average Bonchev–Trinajstić information content (AvgIpc) is 3.37. The van der Waals surface area contributed by atoms with Crippen LogP contribution in [-0.2, 0) is 0 Å². The van der Waals surface area contributed by atoms with E-state index in [2.05, 4.69) is 10.1 Å². The van der Waals surface area contributed by atoms with Crippen molar-refractivity contribution in [2.75, 3.05) is 13.7 Å². The normalized spacial score (nSPS) is 16.4. The number of halogens is 2. The van der Waals surface area contributed by atoms with Crippen LogP contribution in [-0.4, -0.2) is 34.6 Å². The summed E-state index contributed by atoms with van der Waals surface area (Å²) in [6, 6.07) is 9.46. The first-order chi connectivity index (χ1) is 13.6. The lowest BCUT2D eigenvalue weighted by atomic mass is 10.1. The van der Waals surface area contributed by atoms with Crippen LogP contribution in [0.3, 0.4) is 0 Å². The highest BCUT2D eigenvalue weighted by Gasteiger charge is 2.35. The van der Waals surface area contributed by atoms with Gasteiger partial charge in [-0.25, -0.2) is 8.78 Å². The van der Waals surface area contributed by atoms with Crippen molar-refractivity contribution >= 4 is 5.91 Å². The van der Waals surface area contributed by atoms with Gasteiger partial charge in [0.15, 0.2) is 11.6 Å². The third-order valence-corrected chi connectivity index (χ3v) is 4.74.